The summed E-state index contributed by atoms with van der Waals surface area (Å²) in [6.07, 6.45) is -4.23. The van der Waals surface area contributed by atoms with Crippen LogP contribution in [0.2, 0.25) is 0 Å². The summed E-state index contributed by atoms with van der Waals surface area (Å²) in [6.45, 7) is 3.66. The van der Waals surface area contributed by atoms with E-state index in [1.165, 1.54) is 7.05 Å². The molecule has 11 nitrogen and oxygen atoms in total. The fourth-order valence-corrected chi connectivity index (χ4v) is 3.14. The van der Waals surface area contributed by atoms with Gasteiger partial charge in [-0.1, -0.05) is 11.6 Å². The summed E-state index contributed by atoms with van der Waals surface area (Å²) in [6, 6.07) is 0. The van der Waals surface area contributed by atoms with Gasteiger partial charge in [0, 0.05) is 7.05 Å². The van der Waals surface area contributed by atoms with Gasteiger partial charge >= 0.3 is 6.09 Å². The molecule has 1 saturated heterocycles. The predicted octanol–water partition coefficient (Wildman–Crippen LogP) is 1.67. The number of carbonyl (C=O) groups excluding carboxylic acids is 1. The number of aromatic nitrogens is 4. The van der Waals surface area contributed by atoms with Gasteiger partial charge in [-0.2, -0.15) is 9.97 Å². The monoisotopic (exact) mass is 450 g/mol. The van der Waals surface area contributed by atoms with E-state index in [9.17, 15) is 18.7 Å². The number of nitrogens with one attached hydrogen (secondary N) is 2. The maximum absolute atomic E-state index is 15.0. The van der Waals surface area contributed by atoms with Gasteiger partial charge in [-0.15, -0.1) is 0 Å². The highest BCUT2D eigenvalue weighted by molar-refractivity contribution is 6.23. The number of ether oxygens (including phenoxy) is 2. The van der Waals surface area contributed by atoms with Crippen molar-refractivity contribution in [2.75, 3.05) is 24.3 Å². The molecule has 30 heavy (non-hydrogen) atoms. The summed E-state index contributed by atoms with van der Waals surface area (Å²) in [5.41, 5.74) is -0.753. The zero-order valence-electron chi connectivity index (χ0n) is 16.5. The van der Waals surface area contributed by atoms with E-state index in [0.717, 1.165) is 10.9 Å². The summed E-state index contributed by atoms with van der Waals surface area (Å²) in [5, 5.41) is 21.0. The first-order valence-corrected chi connectivity index (χ1v) is 9.16. The van der Waals surface area contributed by atoms with Crippen molar-refractivity contribution in [1.82, 2.24) is 19.5 Å². The van der Waals surface area contributed by atoms with Crippen molar-refractivity contribution in [2.45, 2.75) is 49.7 Å². The van der Waals surface area contributed by atoms with Gasteiger partial charge in [0.1, 0.15) is 12.2 Å². The first-order chi connectivity index (χ1) is 13.8. The number of carbonyl (C=O) groups is 1. The van der Waals surface area contributed by atoms with Crippen molar-refractivity contribution in [1.29, 1.82) is 0 Å². The van der Waals surface area contributed by atoms with Gasteiger partial charge in [0.15, 0.2) is 29.3 Å². The van der Waals surface area contributed by atoms with Crippen molar-refractivity contribution >= 4 is 40.6 Å². The number of halogens is 3. The molecule has 2 aromatic heterocycles. The lowest BCUT2D eigenvalue weighted by molar-refractivity contribution is -0.206. The molecule has 4 atom stereocenters. The fraction of sp³-hybridized carbons (Fsp3) is 0.625. The number of aliphatic hydroxyl groups is 2. The minimum absolute atomic E-state index is 0.0949. The van der Waals surface area contributed by atoms with Crippen LogP contribution in [0.15, 0.2) is 6.33 Å². The lowest BCUT2D eigenvalue weighted by Crippen LogP contribution is -2.45. The van der Waals surface area contributed by atoms with Crippen LogP contribution in [0.3, 0.4) is 0 Å². The number of anilines is 2. The molecule has 3 rings (SSSR count). The van der Waals surface area contributed by atoms with Gasteiger partial charge in [-0.25, -0.2) is 18.6 Å². The van der Waals surface area contributed by atoms with Crippen molar-refractivity contribution in [2.24, 2.45) is 0 Å². The minimum Gasteiger partial charge on any atom is -0.444 e. The quantitative estimate of drug-likeness (QED) is 0.511. The molecule has 166 valence electrons. The van der Waals surface area contributed by atoms with Crippen LogP contribution >= 0.6 is 11.6 Å². The van der Waals surface area contributed by atoms with Crippen LogP contribution in [-0.2, 0) is 9.47 Å². The Morgan fingerprint density at radius 3 is 2.63 bits per heavy atom. The second-order valence-corrected chi connectivity index (χ2v) is 8.17. The molecule has 1 amide bonds. The highest BCUT2D eigenvalue weighted by atomic mass is 35.5. The number of aliphatic hydroxyl groups excluding tert-OH is 2. The molecule has 0 saturated carbocycles. The van der Waals surface area contributed by atoms with Crippen molar-refractivity contribution in [3.8, 4) is 0 Å². The lowest BCUT2D eigenvalue weighted by atomic mass is 10.1. The number of fused-ring (bicyclic) bond motifs is 1. The van der Waals surface area contributed by atoms with E-state index in [2.05, 4.69) is 25.6 Å². The SMILES string of the molecule is CNc1nc(NC(=O)OC(C)(C)C)nc2c1ncn2[C@@H]1O[C@](F)(CO)[C@@H](O)[C@]1(F)Cl. The molecule has 0 spiro atoms. The molecule has 0 unspecified atom stereocenters. The second-order valence-electron chi connectivity index (χ2n) is 7.59. The molecule has 1 aliphatic rings. The van der Waals surface area contributed by atoms with E-state index < -0.39 is 41.6 Å². The van der Waals surface area contributed by atoms with Gasteiger partial charge in [0.25, 0.3) is 11.0 Å². The third-order valence-corrected chi connectivity index (χ3v) is 4.54. The normalized spacial score (nSPS) is 29.2. The topological polar surface area (TPSA) is 144 Å². The number of nitrogens with zero attached hydrogens (tertiary/aromatic N) is 4. The van der Waals surface area contributed by atoms with Crippen LogP contribution in [-0.4, -0.2) is 72.2 Å². The van der Waals surface area contributed by atoms with E-state index in [1.54, 1.807) is 20.8 Å². The van der Waals surface area contributed by atoms with E-state index >= 15 is 0 Å². The van der Waals surface area contributed by atoms with Gasteiger partial charge in [0.2, 0.25) is 5.95 Å². The standard InChI is InChI=1S/C16H21ClF2N6O5/c1-14(2,3)30-13(28)24-12-22-8(20-4)7-9(23-12)25(6-21-7)11-16(17,19)10(27)15(18,5-26)29-11/h6,10-11,26-27H,5H2,1-4H3,(H2,20,22,23,24,28)/t10-,11-,15-,16-/m1/s1. The summed E-state index contributed by atoms with van der Waals surface area (Å²) >= 11 is 5.72. The van der Waals surface area contributed by atoms with Crippen molar-refractivity contribution < 1.29 is 33.3 Å². The van der Waals surface area contributed by atoms with Crippen LogP contribution < -0.4 is 10.6 Å². The Hall–Kier alpha value is -2.35. The molecular formula is C16H21ClF2N6O5. The molecule has 14 heteroatoms. The van der Waals surface area contributed by atoms with Gasteiger partial charge < -0.3 is 25.0 Å². The molecular weight excluding hydrogens is 430 g/mol. The van der Waals surface area contributed by atoms with E-state index in [1.807, 2.05) is 0 Å². The Labute approximate surface area is 174 Å². The first kappa shape index (κ1) is 22.3. The number of alkyl halides is 3. The van der Waals surface area contributed by atoms with E-state index in [4.69, 9.17) is 26.2 Å². The molecule has 0 radical (unpaired) electrons. The highest BCUT2D eigenvalue weighted by Gasteiger charge is 2.66. The summed E-state index contributed by atoms with van der Waals surface area (Å²) in [7, 11) is 1.52. The number of hydrogen-bond acceptors (Lipinski definition) is 9. The Bertz CT molecular complexity index is 967. The summed E-state index contributed by atoms with van der Waals surface area (Å²) in [5.74, 6) is -3.22. The molecule has 0 aliphatic carbocycles. The maximum Gasteiger partial charge on any atom is 0.414 e. The Morgan fingerprint density at radius 2 is 2.10 bits per heavy atom. The molecule has 1 aliphatic heterocycles. The number of amides is 1. The van der Waals surface area contributed by atoms with Crippen LogP contribution in [0, 0.1) is 0 Å². The van der Waals surface area contributed by atoms with Crippen LogP contribution in [0.4, 0.5) is 25.3 Å². The maximum atomic E-state index is 15.0. The van der Waals surface area contributed by atoms with E-state index in [0.29, 0.717) is 0 Å². The second kappa shape index (κ2) is 7.41. The zero-order valence-corrected chi connectivity index (χ0v) is 17.2. The molecule has 4 N–H and O–H groups in total. The summed E-state index contributed by atoms with van der Waals surface area (Å²) in [4.78, 5) is 24.3. The van der Waals surface area contributed by atoms with Crippen LogP contribution in [0.5, 0.6) is 0 Å². The Balaban J connectivity index is 2.04. The smallest absolute Gasteiger partial charge is 0.414 e. The molecule has 0 aromatic carbocycles. The Kier molecular flexibility index (Phi) is 5.52. The summed E-state index contributed by atoms with van der Waals surface area (Å²) < 4.78 is 40.4. The van der Waals surface area contributed by atoms with Crippen molar-refractivity contribution in [3.05, 3.63) is 6.33 Å². The fourth-order valence-electron chi connectivity index (χ4n) is 2.83. The Morgan fingerprint density at radius 1 is 1.43 bits per heavy atom. The minimum atomic E-state index is -3.16. The molecule has 0 bridgehead atoms. The number of hydrogen-bond donors (Lipinski definition) is 4. The third kappa shape index (κ3) is 3.85. The number of rotatable bonds is 4. The third-order valence-electron chi connectivity index (χ3n) is 4.15. The van der Waals surface area contributed by atoms with Crippen molar-refractivity contribution in [3.63, 3.8) is 0 Å². The molecule has 1 fully saturated rings. The van der Waals surface area contributed by atoms with E-state index in [-0.39, 0.29) is 22.9 Å². The average molecular weight is 451 g/mol. The van der Waals surface area contributed by atoms with Gasteiger partial charge in [-0.3, -0.25) is 9.88 Å². The number of imidazole rings is 1. The van der Waals surface area contributed by atoms with Gasteiger partial charge in [-0.05, 0) is 20.8 Å². The molecule has 2 aromatic rings. The predicted molar refractivity (Wildman–Crippen MR) is 101 cm³/mol. The average Bonchev–Trinajstić information content (AvgIpc) is 3.12. The van der Waals surface area contributed by atoms with Crippen LogP contribution in [0.25, 0.3) is 11.2 Å². The zero-order chi connectivity index (χ0) is 22.5. The highest BCUT2D eigenvalue weighted by Crippen LogP contribution is 2.50. The largest absolute Gasteiger partial charge is 0.444 e. The van der Waals surface area contributed by atoms with Gasteiger partial charge in [0.05, 0.1) is 6.33 Å². The molecule has 3 heterocycles. The first-order valence-electron chi connectivity index (χ1n) is 8.78. The lowest BCUT2D eigenvalue weighted by Gasteiger charge is -2.22. The van der Waals surface area contributed by atoms with Crippen LogP contribution in [0.1, 0.15) is 27.0 Å².